The van der Waals surface area contributed by atoms with Crippen molar-refractivity contribution >= 4 is 21.8 Å². The van der Waals surface area contributed by atoms with Crippen molar-refractivity contribution in [2.75, 3.05) is 19.0 Å². The lowest BCUT2D eigenvalue weighted by atomic mass is 10.1. The van der Waals surface area contributed by atoms with Crippen molar-refractivity contribution in [1.29, 1.82) is 0 Å². The molecule has 0 spiro atoms. The van der Waals surface area contributed by atoms with Crippen LogP contribution in [0.2, 0.25) is 0 Å². The van der Waals surface area contributed by atoms with Crippen LogP contribution in [0.5, 0.6) is 11.5 Å². The van der Waals surface area contributed by atoms with E-state index < -0.39 is 26.8 Å². The van der Waals surface area contributed by atoms with Crippen LogP contribution in [0.4, 0.5) is 23.7 Å². The van der Waals surface area contributed by atoms with Gasteiger partial charge in [0.2, 0.25) is 0 Å². The highest BCUT2D eigenvalue weighted by molar-refractivity contribution is 7.87. The molecule has 7 nitrogen and oxygen atoms in total. The van der Waals surface area contributed by atoms with Gasteiger partial charge in [-0.3, -0.25) is 0 Å². The maximum atomic E-state index is 13.0. The SMILES string of the molecule is COc1ccc(NC(=O)N(Cc2cccc(OS(=O)(=O)c3cccc(C(F)(F)F)c3)c2)CC(C)C)cc1. The maximum absolute atomic E-state index is 13.0. The van der Waals surface area contributed by atoms with Gasteiger partial charge < -0.3 is 19.1 Å². The first-order valence-corrected chi connectivity index (χ1v) is 12.7. The molecule has 0 bridgehead atoms. The van der Waals surface area contributed by atoms with Crippen molar-refractivity contribution in [3.8, 4) is 11.5 Å². The van der Waals surface area contributed by atoms with E-state index in [0.29, 0.717) is 29.6 Å². The lowest BCUT2D eigenvalue weighted by Gasteiger charge is -2.25. The summed E-state index contributed by atoms with van der Waals surface area (Å²) in [6.07, 6.45) is -4.70. The van der Waals surface area contributed by atoms with E-state index in [2.05, 4.69) is 5.32 Å². The van der Waals surface area contributed by atoms with Gasteiger partial charge in [-0.1, -0.05) is 32.0 Å². The van der Waals surface area contributed by atoms with E-state index in [-0.39, 0.29) is 24.2 Å². The quantitative estimate of drug-likeness (QED) is 0.331. The van der Waals surface area contributed by atoms with Crippen molar-refractivity contribution in [1.82, 2.24) is 4.90 Å². The summed E-state index contributed by atoms with van der Waals surface area (Å²) < 4.78 is 74.5. The number of benzene rings is 3. The molecule has 0 atom stereocenters. The standard InChI is InChI=1S/C26H27F3N2O5S/c1-18(2)16-31(25(32)30-21-10-12-22(35-3)13-11-21)17-19-6-4-8-23(14-19)36-37(33,34)24-9-5-7-20(15-24)26(27,28)29/h4-15,18H,16-17H2,1-3H3,(H,30,32). The molecule has 0 aliphatic heterocycles. The predicted molar refractivity (Wildman–Crippen MR) is 133 cm³/mol. The van der Waals surface area contributed by atoms with Gasteiger partial charge in [0.25, 0.3) is 0 Å². The minimum atomic E-state index is -4.70. The number of nitrogens with one attached hydrogen (secondary N) is 1. The lowest BCUT2D eigenvalue weighted by Crippen LogP contribution is -2.37. The fourth-order valence-corrected chi connectivity index (χ4v) is 4.43. The summed E-state index contributed by atoms with van der Waals surface area (Å²) in [7, 11) is -2.98. The van der Waals surface area contributed by atoms with Crippen LogP contribution in [0, 0.1) is 5.92 Å². The van der Waals surface area contributed by atoms with Gasteiger partial charge in [0.05, 0.1) is 12.7 Å². The molecule has 0 saturated carbocycles. The number of carbonyl (C=O) groups excluding carboxylic acids is 1. The summed E-state index contributed by atoms with van der Waals surface area (Å²) in [6, 6.07) is 15.9. The summed E-state index contributed by atoms with van der Waals surface area (Å²) in [6.45, 7) is 4.46. The Hall–Kier alpha value is -3.73. The minimum absolute atomic E-state index is 0.0880. The number of urea groups is 1. The average molecular weight is 537 g/mol. The fraction of sp³-hybridized carbons (Fsp3) is 0.269. The molecular weight excluding hydrogens is 509 g/mol. The molecular formula is C26H27F3N2O5S. The van der Waals surface area contributed by atoms with Gasteiger partial charge in [-0.2, -0.15) is 21.6 Å². The summed E-state index contributed by atoms with van der Waals surface area (Å²) in [4.78, 5) is 13.9. The molecule has 2 amide bonds. The largest absolute Gasteiger partial charge is 0.497 e. The zero-order valence-electron chi connectivity index (χ0n) is 20.5. The Kier molecular flexibility index (Phi) is 8.69. The molecule has 3 aromatic rings. The molecule has 3 aromatic carbocycles. The molecule has 0 heterocycles. The fourth-order valence-electron chi connectivity index (χ4n) is 3.46. The number of ether oxygens (including phenoxy) is 1. The number of carbonyl (C=O) groups is 1. The first kappa shape index (κ1) is 27.9. The van der Waals surface area contributed by atoms with Crippen LogP contribution in [0.3, 0.4) is 0 Å². The number of hydrogen-bond donors (Lipinski definition) is 1. The van der Waals surface area contributed by atoms with Crippen molar-refractivity contribution in [3.63, 3.8) is 0 Å². The zero-order valence-corrected chi connectivity index (χ0v) is 21.3. The van der Waals surface area contributed by atoms with Gasteiger partial charge in [0.1, 0.15) is 16.4 Å². The number of methoxy groups -OCH3 is 1. The Morgan fingerprint density at radius 2 is 1.65 bits per heavy atom. The zero-order chi connectivity index (χ0) is 27.2. The number of rotatable bonds is 9. The van der Waals surface area contributed by atoms with E-state index in [1.54, 1.807) is 48.4 Å². The van der Waals surface area contributed by atoms with E-state index in [9.17, 15) is 26.4 Å². The second-order valence-electron chi connectivity index (χ2n) is 8.64. The molecule has 1 N–H and O–H groups in total. The number of alkyl halides is 3. The molecule has 0 fully saturated rings. The van der Waals surface area contributed by atoms with Crippen molar-refractivity contribution < 1.29 is 35.3 Å². The van der Waals surface area contributed by atoms with Crippen molar-refractivity contribution in [3.05, 3.63) is 83.9 Å². The van der Waals surface area contributed by atoms with Gasteiger partial charge in [-0.15, -0.1) is 0 Å². The third kappa shape index (κ3) is 7.88. The second kappa shape index (κ2) is 11.5. The molecule has 37 heavy (non-hydrogen) atoms. The molecule has 11 heteroatoms. The van der Waals surface area contributed by atoms with Gasteiger partial charge in [0, 0.05) is 18.8 Å². The summed E-state index contributed by atoms with van der Waals surface area (Å²) in [5.74, 6) is 0.700. The normalized spacial score (nSPS) is 11.8. The Balaban J connectivity index is 1.77. The monoisotopic (exact) mass is 536 g/mol. The number of amides is 2. The van der Waals surface area contributed by atoms with Gasteiger partial charge in [0.15, 0.2) is 0 Å². The highest BCUT2D eigenvalue weighted by Gasteiger charge is 2.32. The van der Waals surface area contributed by atoms with Crippen LogP contribution in [0.1, 0.15) is 25.0 Å². The first-order chi connectivity index (χ1) is 17.4. The maximum Gasteiger partial charge on any atom is 0.416 e. The van der Waals surface area contributed by atoms with Gasteiger partial charge in [-0.25, -0.2) is 4.79 Å². The van der Waals surface area contributed by atoms with Gasteiger partial charge in [-0.05, 0) is 66.1 Å². The summed E-state index contributed by atoms with van der Waals surface area (Å²) >= 11 is 0. The number of anilines is 1. The topological polar surface area (TPSA) is 84.9 Å². The smallest absolute Gasteiger partial charge is 0.416 e. The first-order valence-electron chi connectivity index (χ1n) is 11.3. The average Bonchev–Trinajstić information content (AvgIpc) is 2.83. The molecule has 0 radical (unpaired) electrons. The van der Waals surface area contributed by atoms with Crippen LogP contribution in [-0.4, -0.2) is 33.0 Å². The van der Waals surface area contributed by atoms with Crippen molar-refractivity contribution in [2.24, 2.45) is 5.92 Å². The summed E-state index contributed by atoms with van der Waals surface area (Å²) in [5.41, 5.74) is 0.0456. The minimum Gasteiger partial charge on any atom is -0.497 e. The van der Waals surface area contributed by atoms with E-state index in [1.807, 2.05) is 13.8 Å². The lowest BCUT2D eigenvalue weighted by molar-refractivity contribution is -0.137. The van der Waals surface area contributed by atoms with Crippen molar-refractivity contribution in [2.45, 2.75) is 31.5 Å². The van der Waals surface area contributed by atoms with Crippen LogP contribution in [-0.2, 0) is 22.8 Å². The molecule has 0 aliphatic rings. The third-order valence-corrected chi connectivity index (χ3v) is 6.39. The van der Waals surface area contributed by atoms with E-state index in [1.165, 1.54) is 12.1 Å². The molecule has 0 unspecified atom stereocenters. The number of halogens is 3. The van der Waals surface area contributed by atoms with E-state index in [4.69, 9.17) is 8.92 Å². The summed E-state index contributed by atoms with van der Waals surface area (Å²) in [5, 5.41) is 2.82. The molecule has 0 saturated heterocycles. The predicted octanol–water partition coefficient (Wildman–Crippen LogP) is 6.17. The van der Waals surface area contributed by atoms with Gasteiger partial charge >= 0.3 is 22.3 Å². The van der Waals surface area contributed by atoms with E-state index in [0.717, 1.165) is 18.2 Å². The van der Waals surface area contributed by atoms with Crippen LogP contribution in [0.15, 0.2) is 77.7 Å². The highest BCUT2D eigenvalue weighted by Crippen LogP contribution is 2.31. The van der Waals surface area contributed by atoms with Crippen LogP contribution < -0.4 is 14.2 Å². The molecule has 0 aliphatic carbocycles. The molecule has 0 aromatic heterocycles. The number of nitrogens with zero attached hydrogens (tertiary/aromatic N) is 1. The van der Waals surface area contributed by atoms with Crippen LogP contribution >= 0.6 is 0 Å². The number of hydrogen-bond acceptors (Lipinski definition) is 5. The second-order valence-corrected chi connectivity index (χ2v) is 10.2. The Bertz CT molecular complexity index is 1330. The molecule has 3 rings (SSSR count). The molecule has 198 valence electrons. The Labute approximate surface area is 213 Å². The third-order valence-electron chi connectivity index (χ3n) is 5.14. The Morgan fingerprint density at radius 3 is 2.27 bits per heavy atom. The highest BCUT2D eigenvalue weighted by atomic mass is 32.2. The Morgan fingerprint density at radius 1 is 0.973 bits per heavy atom. The van der Waals surface area contributed by atoms with E-state index >= 15 is 0 Å². The van der Waals surface area contributed by atoms with Crippen LogP contribution in [0.25, 0.3) is 0 Å².